The summed E-state index contributed by atoms with van der Waals surface area (Å²) in [6.07, 6.45) is 7.40. The second-order valence-electron chi connectivity index (χ2n) is 4.15. The molecular formula is C14H26N2. The topological polar surface area (TPSA) is 24.1 Å². The number of hydrogen-bond acceptors (Lipinski definition) is 2. The van der Waals surface area contributed by atoms with E-state index in [-0.39, 0.29) is 0 Å². The first-order valence-electron chi connectivity index (χ1n) is 6.07. The van der Waals surface area contributed by atoms with Gasteiger partial charge in [0.2, 0.25) is 0 Å². The average Bonchev–Trinajstić information content (AvgIpc) is 2.22. The Labute approximate surface area is 101 Å². The minimum absolute atomic E-state index is 0.953. The molecule has 2 heteroatoms. The van der Waals surface area contributed by atoms with Gasteiger partial charge in [-0.05, 0) is 26.8 Å². The molecule has 0 saturated heterocycles. The van der Waals surface area contributed by atoms with Gasteiger partial charge in [-0.15, -0.1) is 0 Å². The second kappa shape index (κ2) is 10.7. The highest BCUT2D eigenvalue weighted by atomic mass is 14.9. The third-order valence-electron chi connectivity index (χ3n) is 2.07. The van der Waals surface area contributed by atoms with Gasteiger partial charge in [0.1, 0.15) is 0 Å². The van der Waals surface area contributed by atoms with Crippen LogP contribution in [0.5, 0.6) is 0 Å². The van der Waals surface area contributed by atoms with Crippen molar-refractivity contribution in [3.8, 4) is 0 Å². The molecule has 0 unspecified atom stereocenters. The van der Waals surface area contributed by atoms with Crippen LogP contribution in [-0.4, -0.2) is 26.2 Å². The molecule has 0 aliphatic carbocycles. The van der Waals surface area contributed by atoms with Crippen molar-refractivity contribution in [2.45, 2.75) is 27.2 Å². The summed E-state index contributed by atoms with van der Waals surface area (Å²) >= 11 is 0. The number of hydrogen-bond donors (Lipinski definition) is 2. The number of allylic oxidation sites excluding steroid dienone is 4. The summed E-state index contributed by atoms with van der Waals surface area (Å²) in [5.41, 5.74) is 2.42. The van der Waals surface area contributed by atoms with E-state index in [1.807, 2.05) is 13.0 Å². The second-order valence-corrected chi connectivity index (χ2v) is 4.15. The van der Waals surface area contributed by atoms with Crippen LogP contribution in [0.2, 0.25) is 0 Å². The first kappa shape index (κ1) is 15.1. The van der Waals surface area contributed by atoms with Crippen molar-refractivity contribution in [2.75, 3.05) is 26.2 Å². The monoisotopic (exact) mass is 222 g/mol. The molecule has 0 aliphatic heterocycles. The average molecular weight is 222 g/mol. The van der Waals surface area contributed by atoms with Gasteiger partial charge in [0.15, 0.2) is 0 Å². The molecule has 0 spiro atoms. The summed E-state index contributed by atoms with van der Waals surface area (Å²) < 4.78 is 0. The van der Waals surface area contributed by atoms with Gasteiger partial charge in [0, 0.05) is 19.6 Å². The van der Waals surface area contributed by atoms with Gasteiger partial charge < -0.3 is 10.6 Å². The van der Waals surface area contributed by atoms with E-state index in [1.165, 1.54) is 12.0 Å². The van der Waals surface area contributed by atoms with E-state index in [1.54, 1.807) is 0 Å². The van der Waals surface area contributed by atoms with Crippen LogP contribution in [0, 0.1) is 0 Å². The molecule has 0 fully saturated rings. The van der Waals surface area contributed by atoms with Gasteiger partial charge in [0.05, 0.1) is 0 Å². The molecular weight excluding hydrogens is 196 g/mol. The first-order chi connectivity index (χ1) is 7.66. The molecule has 0 radical (unpaired) electrons. The zero-order valence-electron chi connectivity index (χ0n) is 11.0. The Morgan fingerprint density at radius 3 is 2.44 bits per heavy atom. The smallest absolute Gasteiger partial charge is 0.0165 e. The molecule has 0 saturated carbocycles. The van der Waals surface area contributed by atoms with Crippen LogP contribution in [0.4, 0.5) is 0 Å². The van der Waals surface area contributed by atoms with Crippen LogP contribution < -0.4 is 10.6 Å². The van der Waals surface area contributed by atoms with Crippen molar-refractivity contribution in [3.05, 3.63) is 36.0 Å². The van der Waals surface area contributed by atoms with E-state index in [4.69, 9.17) is 0 Å². The Morgan fingerprint density at radius 1 is 1.12 bits per heavy atom. The van der Waals surface area contributed by atoms with Crippen LogP contribution in [0.25, 0.3) is 0 Å². The lowest BCUT2D eigenvalue weighted by atomic mass is 10.2. The highest BCUT2D eigenvalue weighted by Gasteiger charge is 1.88. The van der Waals surface area contributed by atoms with Gasteiger partial charge in [-0.2, -0.15) is 0 Å². The van der Waals surface area contributed by atoms with E-state index in [0.717, 1.165) is 31.8 Å². The number of nitrogens with one attached hydrogen (secondary N) is 2. The maximum Gasteiger partial charge on any atom is 0.0165 e. The molecule has 0 aliphatic rings. The minimum atomic E-state index is 0.953. The van der Waals surface area contributed by atoms with E-state index in [2.05, 4.69) is 43.2 Å². The van der Waals surface area contributed by atoms with Gasteiger partial charge in [-0.1, -0.05) is 42.9 Å². The fourth-order valence-electron chi connectivity index (χ4n) is 1.20. The summed E-state index contributed by atoms with van der Waals surface area (Å²) in [4.78, 5) is 0. The van der Waals surface area contributed by atoms with E-state index < -0.39 is 0 Å². The third kappa shape index (κ3) is 11.2. The molecule has 0 atom stereocenters. The SMILES string of the molecule is C=C(C)/C=C\C=C(/C)CNCCNCCC. The highest BCUT2D eigenvalue weighted by molar-refractivity contribution is 5.19. The standard InChI is InChI=1S/C14H26N2/c1-5-9-15-10-11-16-12-14(4)8-6-7-13(2)3/h6-8,15-16H,2,5,9-12H2,1,3-4H3/b7-6-,14-8+. The molecule has 0 aromatic heterocycles. The molecule has 0 rings (SSSR count). The molecule has 92 valence electrons. The zero-order chi connectivity index (χ0) is 12.2. The zero-order valence-corrected chi connectivity index (χ0v) is 11.0. The highest BCUT2D eigenvalue weighted by Crippen LogP contribution is 1.94. The summed E-state index contributed by atoms with van der Waals surface area (Å²) in [6.45, 7) is 14.3. The Balaban J connectivity index is 3.49. The predicted molar refractivity (Wildman–Crippen MR) is 73.7 cm³/mol. The van der Waals surface area contributed by atoms with Crippen molar-refractivity contribution in [1.29, 1.82) is 0 Å². The number of rotatable bonds is 9. The maximum atomic E-state index is 3.82. The van der Waals surface area contributed by atoms with Gasteiger partial charge in [0.25, 0.3) is 0 Å². The van der Waals surface area contributed by atoms with Crippen molar-refractivity contribution >= 4 is 0 Å². The summed E-state index contributed by atoms with van der Waals surface area (Å²) in [5.74, 6) is 0. The van der Waals surface area contributed by atoms with Gasteiger partial charge in [-0.25, -0.2) is 0 Å². The van der Waals surface area contributed by atoms with Crippen LogP contribution in [-0.2, 0) is 0 Å². The van der Waals surface area contributed by atoms with E-state index in [0.29, 0.717) is 0 Å². The van der Waals surface area contributed by atoms with E-state index >= 15 is 0 Å². The van der Waals surface area contributed by atoms with Crippen molar-refractivity contribution < 1.29 is 0 Å². The maximum absolute atomic E-state index is 3.82. The fraction of sp³-hybridized carbons (Fsp3) is 0.571. The minimum Gasteiger partial charge on any atom is -0.315 e. The summed E-state index contributed by atoms with van der Waals surface area (Å²) in [6, 6.07) is 0. The molecule has 0 aromatic rings. The quantitative estimate of drug-likeness (QED) is 0.463. The molecule has 2 N–H and O–H groups in total. The predicted octanol–water partition coefficient (Wildman–Crippen LogP) is 2.65. The summed E-state index contributed by atoms with van der Waals surface area (Å²) in [7, 11) is 0. The normalized spacial score (nSPS) is 12.3. The first-order valence-corrected chi connectivity index (χ1v) is 6.07. The van der Waals surface area contributed by atoms with Gasteiger partial charge in [-0.3, -0.25) is 0 Å². The van der Waals surface area contributed by atoms with Crippen LogP contribution >= 0.6 is 0 Å². The Hall–Kier alpha value is -0.860. The Morgan fingerprint density at radius 2 is 1.81 bits per heavy atom. The van der Waals surface area contributed by atoms with Crippen LogP contribution in [0.1, 0.15) is 27.2 Å². The van der Waals surface area contributed by atoms with Crippen LogP contribution in [0.15, 0.2) is 36.0 Å². The molecule has 2 nitrogen and oxygen atoms in total. The Kier molecular flexibility index (Phi) is 10.1. The lowest BCUT2D eigenvalue weighted by Crippen LogP contribution is -2.28. The molecule has 16 heavy (non-hydrogen) atoms. The lowest BCUT2D eigenvalue weighted by Gasteiger charge is -2.05. The molecule has 0 aromatic carbocycles. The van der Waals surface area contributed by atoms with E-state index in [9.17, 15) is 0 Å². The van der Waals surface area contributed by atoms with Crippen molar-refractivity contribution in [2.24, 2.45) is 0 Å². The largest absolute Gasteiger partial charge is 0.315 e. The Bertz CT molecular complexity index is 239. The molecule has 0 amide bonds. The third-order valence-corrected chi connectivity index (χ3v) is 2.07. The van der Waals surface area contributed by atoms with Gasteiger partial charge >= 0.3 is 0 Å². The van der Waals surface area contributed by atoms with Crippen molar-refractivity contribution in [1.82, 2.24) is 10.6 Å². The molecule has 0 bridgehead atoms. The molecule has 0 heterocycles. The van der Waals surface area contributed by atoms with Crippen molar-refractivity contribution in [3.63, 3.8) is 0 Å². The summed E-state index contributed by atoms with van der Waals surface area (Å²) in [5, 5.41) is 6.75. The van der Waals surface area contributed by atoms with Crippen LogP contribution in [0.3, 0.4) is 0 Å². The lowest BCUT2D eigenvalue weighted by molar-refractivity contribution is 0.623. The fourth-order valence-corrected chi connectivity index (χ4v) is 1.20.